The number of aromatic nitrogens is 1. The van der Waals surface area contributed by atoms with E-state index in [0.29, 0.717) is 6.54 Å². The average Bonchev–Trinajstić information content (AvgIpc) is 3.49. The predicted molar refractivity (Wildman–Crippen MR) is 129 cm³/mol. The van der Waals surface area contributed by atoms with Crippen molar-refractivity contribution in [2.75, 3.05) is 18.1 Å². The molecule has 1 aromatic heterocycles. The van der Waals surface area contributed by atoms with E-state index in [1.807, 2.05) is 11.1 Å². The average molecular weight is 437 g/mol. The van der Waals surface area contributed by atoms with Crippen LogP contribution in [0.15, 0.2) is 24.4 Å². The number of nitrogens with zero attached hydrogens (tertiary/aromatic N) is 1. The van der Waals surface area contributed by atoms with E-state index >= 15 is 0 Å². The van der Waals surface area contributed by atoms with Crippen LogP contribution >= 0.6 is 0 Å². The van der Waals surface area contributed by atoms with Gasteiger partial charge in [0.15, 0.2) is 0 Å². The Morgan fingerprint density at radius 3 is 2.81 bits per heavy atom. The van der Waals surface area contributed by atoms with Crippen LogP contribution in [-0.2, 0) is 21.4 Å². The molecule has 0 saturated carbocycles. The topological polar surface area (TPSA) is 69.4 Å². The first-order valence-electron chi connectivity index (χ1n) is 12.4. The van der Waals surface area contributed by atoms with Crippen molar-refractivity contribution >= 4 is 22.5 Å². The van der Waals surface area contributed by atoms with E-state index in [1.165, 1.54) is 22.2 Å². The fourth-order valence-corrected chi connectivity index (χ4v) is 5.93. The Morgan fingerprint density at radius 1 is 1.22 bits per heavy atom. The maximum atomic E-state index is 13.8. The van der Waals surface area contributed by atoms with E-state index in [1.54, 1.807) is 0 Å². The lowest BCUT2D eigenvalue weighted by Crippen LogP contribution is -2.42. The van der Waals surface area contributed by atoms with Crippen LogP contribution in [0.5, 0.6) is 0 Å². The summed E-state index contributed by atoms with van der Waals surface area (Å²) in [6.45, 7) is 7.95. The van der Waals surface area contributed by atoms with Crippen LogP contribution in [0.3, 0.4) is 0 Å². The van der Waals surface area contributed by atoms with Gasteiger partial charge < -0.3 is 20.0 Å². The molecule has 1 aromatic carbocycles. The molecule has 0 aliphatic carbocycles. The maximum absolute atomic E-state index is 13.8. The molecule has 2 atom stereocenters. The number of hydrazine groups is 1. The summed E-state index contributed by atoms with van der Waals surface area (Å²) in [5.41, 5.74) is 12.2. The first-order chi connectivity index (χ1) is 15.6. The van der Waals surface area contributed by atoms with Crippen molar-refractivity contribution in [2.24, 2.45) is 0 Å². The number of aryl methyl sites for hydroxylation is 1. The summed E-state index contributed by atoms with van der Waals surface area (Å²) in [6, 6.07) is 4.72. The third kappa shape index (κ3) is 3.35. The molecule has 32 heavy (non-hydrogen) atoms. The minimum Gasteiger partial charge on any atom is -0.376 e. The summed E-state index contributed by atoms with van der Waals surface area (Å²) < 4.78 is 5.93. The van der Waals surface area contributed by atoms with Gasteiger partial charge in [-0.25, -0.2) is 5.43 Å². The third-order valence-electron chi connectivity index (χ3n) is 7.87. The smallest absolute Gasteiger partial charge is 0.237 e. The number of hydrogen-bond acceptors (Lipinski definition) is 4. The molecule has 1 fully saturated rings. The molecule has 172 valence electrons. The van der Waals surface area contributed by atoms with Gasteiger partial charge in [-0.1, -0.05) is 19.9 Å². The Balaban J connectivity index is 1.64. The van der Waals surface area contributed by atoms with Gasteiger partial charge >= 0.3 is 0 Å². The molecule has 6 nitrogen and oxygen atoms in total. The lowest BCUT2D eigenvalue weighted by atomic mass is 9.76. The van der Waals surface area contributed by atoms with Crippen molar-refractivity contribution in [3.05, 3.63) is 41.2 Å². The molecular weight excluding hydrogens is 400 g/mol. The second kappa shape index (κ2) is 8.56. The Hall–Kier alpha value is -2.31. The summed E-state index contributed by atoms with van der Waals surface area (Å²) in [5, 5.41) is 1.25. The Labute approximate surface area is 190 Å². The Morgan fingerprint density at radius 2 is 2.06 bits per heavy atom. The molecule has 0 bridgehead atoms. The molecular formula is C26H36N4O2. The van der Waals surface area contributed by atoms with Crippen LogP contribution in [0.25, 0.3) is 10.9 Å². The van der Waals surface area contributed by atoms with E-state index in [4.69, 9.17) is 4.74 Å². The molecule has 0 spiro atoms. The fourth-order valence-electron chi connectivity index (χ4n) is 5.93. The number of benzene rings is 1. The number of hydrogen-bond donors (Lipinski definition) is 3. The van der Waals surface area contributed by atoms with Gasteiger partial charge in [-0.2, -0.15) is 0 Å². The second-order valence-electron chi connectivity index (χ2n) is 9.58. The number of H-pyrrole nitrogens is 1. The van der Waals surface area contributed by atoms with Gasteiger partial charge in [-0.15, -0.1) is 0 Å². The quantitative estimate of drug-likeness (QED) is 0.647. The number of allylic oxidation sites excluding steroid dienone is 1. The number of carbonyl (C=O) groups is 1. The summed E-state index contributed by atoms with van der Waals surface area (Å²) in [5.74, 6) is 0.251. The SMILES string of the molecule is CCC1(CC)C(=O)N(CC2CCCO2)c2cc3c4c([nH]c3cc21)C(C)NN/C=C/CCC4. The fraction of sp³-hybridized carbons (Fsp3) is 0.577. The molecule has 4 heterocycles. The minimum absolute atomic E-state index is 0.146. The molecule has 1 amide bonds. The first-order valence-corrected chi connectivity index (χ1v) is 12.4. The largest absolute Gasteiger partial charge is 0.376 e. The number of carbonyl (C=O) groups excluding carboxylic acids is 1. The lowest BCUT2D eigenvalue weighted by molar-refractivity contribution is -0.123. The highest BCUT2D eigenvalue weighted by Crippen LogP contribution is 2.49. The highest BCUT2D eigenvalue weighted by molar-refractivity contribution is 6.10. The molecule has 2 aromatic rings. The van der Waals surface area contributed by atoms with Gasteiger partial charge in [0.25, 0.3) is 0 Å². The number of anilines is 1. The maximum Gasteiger partial charge on any atom is 0.237 e. The van der Waals surface area contributed by atoms with Crippen molar-refractivity contribution < 1.29 is 9.53 Å². The van der Waals surface area contributed by atoms with E-state index < -0.39 is 5.41 Å². The molecule has 3 aliphatic heterocycles. The van der Waals surface area contributed by atoms with Crippen LogP contribution < -0.4 is 15.8 Å². The molecule has 0 radical (unpaired) electrons. The minimum atomic E-state index is -0.439. The van der Waals surface area contributed by atoms with Crippen molar-refractivity contribution in [1.82, 2.24) is 15.8 Å². The summed E-state index contributed by atoms with van der Waals surface area (Å²) >= 11 is 0. The van der Waals surface area contributed by atoms with Crippen molar-refractivity contribution in [2.45, 2.75) is 83.3 Å². The van der Waals surface area contributed by atoms with Gasteiger partial charge in [-0.3, -0.25) is 4.79 Å². The standard InChI is InChI=1S/C26H36N4O2/c1-4-26(5-2)21-15-22-20(14-23(21)30(25(26)31)16-18-10-9-13-32-18)19-11-7-6-8-12-27-29-17(3)24(19)28-22/h8,12,14-15,17-18,27-29H,4-7,9-11,13,16H2,1-3H3/b12-8+. The lowest BCUT2D eigenvalue weighted by Gasteiger charge is -2.27. The van der Waals surface area contributed by atoms with E-state index in [0.717, 1.165) is 62.8 Å². The zero-order valence-corrected chi connectivity index (χ0v) is 19.6. The Bertz CT molecular complexity index is 1030. The number of ether oxygens (including phenoxy) is 1. The van der Waals surface area contributed by atoms with Crippen LogP contribution in [0.4, 0.5) is 5.69 Å². The van der Waals surface area contributed by atoms with Gasteiger partial charge in [-0.05, 0) is 75.1 Å². The van der Waals surface area contributed by atoms with Gasteiger partial charge in [0.1, 0.15) is 0 Å². The monoisotopic (exact) mass is 436 g/mol. The highest BCUT2D eigenvalue weighted by Gasteiger charge is 2.49. The van der Waals surface area contributed by atoms with E-state index in [9.17, 15) is 4.79 Å². The van der Waals surface area contributed by atoms with Crippen molar-refractivity contribution in [1.29, 1.82) is 0 Å². The van der Waals surface area contributed by atoms with Gasteiger partial charge in [0, 0.05) is 35.1 Å². The molecule has 5 rings (SSSR count). The van der Waals surface area contributed by atoms with E-state index in [2.05, 4.69) is 54.8 Å². The van der Waals surface area contributed by atoms with E-state index in [-0.39, 0.29) is 18.1 Å². The van der Waals surface area contributed by atoms with Crippen LogP contribution in [-0.4, -0.2) is 30.1 Å². The van der Waals surface area contributed by atoms with Crippen molar-refractivity contribution in [3.8, 4) is 0 Å². The molecule has 3 aliphatic rings. The summed E-state index contributed by atoms with van der Waals surface area (Å²) in [7, 11) is 0. The predicted octanol–water partition coefficient (Wildman–Crippen LogP) is 4.76. The third-order valence-corrected chi connectivity index (χ3v) is 7.87. The Kier molecular flexibility index (Phi) is 5.76. The number of aromatic amines is 1. The van der Waals surface area contributed by atoms with Crippen LogP contribution in [0.1, 0.15) is 82.2 Å². The van der Waals surface area contributed by atoms with Crippen LogP contribution in [0.2, 0.25) is 0 Å². The normalized spacial score (nSPS) is 26.1. The molecule has 1 saturated heterocycles. The number of amides is 1. The summed E-state index contributed by atoms with van der Waals surface area (Å²) in [4.78, 5) is 19.6. The van der Waals surface area contributed by atoms with Crippen LogP contribution in [0, 0.1) is 0 Å². The highest BCUT2D eigenvalue weighted by atomic mass is 16.5. The number of nitrogens with one attached hydrogen (secondary N) is 3. The van der Waals surface area contributed by atoms with Crippen molar-refractivity contribution in [3.63, 3.8) is 0 Å². The zero-order chi connectivity index (χ0) is 22.3. The van der Waals surface area contributed by atoms with Gasteiger partial charge in [0.2, 0.25) is 5.91 Å². The first kappa shape index (κ1) is 21.5. The molecule has 6 heteroatoms. The summed E-state index contributed by atoms with van der Waals surface area (Å²) in [6.07, 6.45) is 11.2. The molecule has 3 N–H and O–H groups in total. The molecule has 2 unspecified atom stereocenters. The number of fused-ring (bicyclic) bond motifs is 4. The van der Waals surface area contributed by atoms with Gasteiger partial charge in [0.05, 0.1) is 24.1 Å². The number of rotatable bonds is 4. The second-order valence-corrected chi connectivity index (χ2v) is 9.58. The zero-order valence-electron chi connectivity index (χ0n) is 19.6.